The number of benzene rings is 4. The molecule has 0 radical (unpaired) electrons. The number of alkyl halides is 2. The number of aromatic nitrogens is 4. The number of nitrogens with zero attached hydrogens (tertiary/aromatic N) is 5. The van der Waals surface area contributed by atoms with Gasteiger partial charge in [0.05, 0.1) is 60.2 Å². The van der Waals surface area contributed by atoms with Gasteiger partial charge < -0.3 is 56.2 Å². The summed E-state index contributed by atoms with van der Waals surface area (Å²) >= 11 is 1.81. The molecule has 16 nitrogen and oxygen atoms in total. The molecule has 6 aromatic rings. The van der Waals surface area contributed by atoms with Crippen molar-refractivity contribution >= 4 is 56.9 Å². The maximum Gasteiger partial charge on any atom is 0.586 e. The third kappa shape index (κ3) is 12.4. The van der Waals surface area contributed by atoms with Gasteiger partial charge in [0.15, 0.2) is 11.5 Å². The van der Waals surface area contributed by atoms with Crippen LogP contribution < -0.4 is 36.5 Å². The van der Waals surface area contributed by atoms with Crippen LogP contribution in [-0.2, 0) is 33.5 Å². The van der Waals surface area contributed by atoms with Crippen LogP contribution in [-0.4, -0.2) is 124 Å². The lowest BCUT2D eigenvalue weighted by atomic mass is 9.90. The fraction of sp³-hybridized carbons (Fsp3) is 0.455. The molecule has 1 atom stereocenters. The van der Waals surface area contributed by atoms with Gasteiger partial charge in [-0.2, -0.15) is 0 Å². The maximum atomic E-state index is 15.9. The summed E-state index contributed by atoms with van der Waals surface area (Å²) in [4.78, 5) is 30.2. The highest BCUT2D eigenvalue weighted by Gasteiger charge is 2.53. The van der Waals surface area contributed by atoms with Crippen molar-refractivity contribution in [3.8, 4) is 23.3 Å². The number of ether oxygens (including phenoxy) is 2. The number of piperidine rings is 1. The molecule has 20 heteroatoms. The molecule has 1 aliphatic carbocycles. The van der Waals surface area contributed by atoms with Gasteiger partial charge in [-0.25, -0.2) is 9.07 Å². The highest BCUT2D eigenvalue weighted by atomic mass is 32.2. The van der Waals surface area contributed by atoms with Crippen LogP contribution >= 0.6 is 11.8 Å². The molecular weight excluding hydrogens is 986 g/mol. The van der Waals surface area contributed by atoms with E-state index in [2.05, 4.69) is 76.9 Å². The minimum Gasteiger partial charge on any atom is -0.395 e. The average Bonchev–Trinajstić information content (AvgIpc) is 3.89. The number of likely N-dealkylation sites (tertiary alicyclic amines) is 1. The second-order valence-corrected chi connectivity index (χ2v) is 21.4. The zero-order valence-corrected chi connectivity index (χ0v) is 43.3. The number of hydrogen-bond donors (Lipinski definition) is 7. The second kappa shape index (κ2) is 22.9. The van der Waals surface area contributed by atoms with Gasteiger partial charge in [-0.1, -0.05) is 56.0 Å². The van der Waals surface area contributed by atoms with Gasteiger partial charge in [0.1, 0.15) is 11.3 Å². The van der Waals surface area contributed by atoms with Crippen LogP contribution in [0, 0.1) is 23.6 Å². The van der Waals surface area contributed by atoms with E-state index in [-0.39, 0.29) is 55.3 Å². The fourth-order valence-corrected chi connectivity index (χ4v) is 10.6. The molecule has 2 aromatic heterocycles. The molecule has 1 saturated carbocycles. The Kier molecular flexibility index (Phi) is 16.3. The minimum atomic E-state index is -3.80. The van der Waals surface area contributed by atoms with Crippen LogP contribution in [0.2, 0.25) is 0 Å². The second-order valence-electron chi connectivity index (χ2n) is 20.3. The fourth-order valence-electron chi connectivity index (χ4n) is 9.77. The molecule has 75 heavy (non-hydrogen) atoms. The molecule has 4 heterocycles. The summed E-state index contributed by atoms with van der Waals surface area (Å²) in [5.41, 5.74) is 10.2. The molecule has 0 unspecified atom stereocenters. The Labute approximate surface area is 438 Å². The molecule has 2 fully saturated rings. The molecule has 9 rings (SSSR count). The predicted molar refractivity (Wildman–Crippen MR) is 284 cm³/mol. The lowest BCUT2D eigenvalue weighted by molar-refractivity contribution is -0.286. The van der Waals surface area contributed by atoms with E-state index in [0.717, 1.165) is 77.4 Å². The van der Waals surface area contributed by atoms with E-state index in [9.17, 15) is 28.6 Å². The van der Waals surface area contributed by atoms with Gasteiger partial charge in [0.25, 0.3) is 0 Å². The molecule has 0 bridgehead atoms. The Morgan fingerprint density at radius 3 is 2.49 bits per heavy atom. The van der Waals surface area contributed by atoms with Gasteiger partial charge in [-0.3, -0.25) is 9.59 Å². The molecule has 3 aliphatic rings. The van der Waals surface area contributed by atoms with E-state index in [1.807, 2.05) is 60.6 Å². The Morgan fingerprint density at radius 1 is 0.987 bits per heavy atom. The third-order valence-electron chi connectivity index (χ3n) is 14.2. The van der Waals surface area contributed by atoms with Crippen LogP contribution in [0.15, 0.2) is 77.7 Å². The lowest BCUT2D eigenvalue weighted by Gasteiger charge is -2.31. The van der Waals surface area contributed by atoms with Gasteiger partial charge in [-0.15, -0.1) is 25.6 Å². The lowest BCUT2D eigenvalue weighted by Crippen LogP contribution is -2.43. The van der Waals surface area contributed by atoms with Gasteiger partial charge in [0, 0.05) is 71.7 Å². The Bertz CT molecular complexity index is 3090. The van der Waals surface area contributed by atoms with Gasteiger partial charge in [0.2, 0.25) is 11.8 Å². The van der Waals surface area contributed by atoms with Crippen molar-refractivity contribution < 1.29 is 42.4 Å². The number of fused-ring (bicyclic) bond motifs is 3. The number of carbonyl (C=O) groups is 2. The zero-order chi connectivity index (χ0) is 52.9. The molecule has 2 amide bonds. The van der Waals surface area contributed by atoms with Gasteiger partial charge >= 0.3 is 6.29 Å². The van der Waals surface area contributed by atoms with Crippen molar-refractivity contribution in [3.63, 3.8) is 0 Å². The molecule has 0 spiro atoms. The smallest absolute Gasteiger partial charge is 0.395 e. The molecular formula is C55H65F3N10O6S. The minimum absolute atomic E-state index is 0.00298. The number of amides is 2. The van der Waals surface area contributed by atoms with E-state index in [1.54, 1.807) is 4.57 Å². The summed E-state index contributed by atoms with van der Waals surface area (Å²) in [7, 11) is 0. The number of halogens is 3. The van der Waals surface area contributed by atoms with Crippen LogP contribution in [0.3, 0.4) is 0 Å². The average molecular weight is 1050 g/mol. The van der Waals surface area contributed by atoms with Crippen molar-refractivity contribution in [2.45, 2.75) is 94.1 Å². The Morgan fingerprint density at radius 2 is 1.76 bits per heavy atom. The quantitative estimate of drug-likeness (QED) is 0.0220. The number of aliphatic hydroxyl groups is 2. The first-order chi connectivity index (χ1) is 36.1. The number of hydrogen-bond acceptors (Lipinski definition) is 13. The van der Waals surface area contributed by atoms with Crippen molar-refractivity contribution in [2.75, 3.05) is 75.4 Å². The highest BCUT2D eigenvalue weighted by Crippen LogP contribution is 2.52. The van der Waals surface area contributed by atoms with Crippen LogP contribution in [0.5, 0.6) is 11.5 Å². The van der Waals surface area contributed by atoms with E-state index in [4.69, 9.17) is 5.73 Å². The van der Waals surface area contributed by atoms with Crippen LogP contribution in [0.1, 0.15) is 75.3 Å². The normalized spacial score (nSPS) is 16.4. The summed E-state index contributed by atoms with van der Waals surface area (Å²) in [6.07, 6.45) is -1.25. The highest BCUT2D eigenvalue weighted by molar-refractivity contribution is 7.99. The maximum absolute atomic E-state index is 15.9. The number of rotatable bonds is 22. The molecule has 4 aromatic carbocycles. The molecule has 398 valence electrons. The largest absolute Gasteiger partial charge is 0.586 e. The van der Waals surface area contributed by atoms with E-state index >= 15 is 4.39 Å². The molecule has 8 N–H and O–H groups in total. The van der Waals surface area contributed by atoms with Crippen molar-refractivity contribution in [1.82, 2.24) is 35.1 Å². The number of aliphatic hydroxyl groups excluding tert-OH is 2. The predicted octanol–water partition coefficient (Wildman–Crippen LogP) is 6.54. The van der Waals surface area contributed by atoms with Crippen LogP contribution in [0.25, 0.3) is 21.9 Å². The standard InChI is InChI=1S/C55H65F3N10O6S/c1-4-24-75-41-28-44(61-19-17-59)50-46(29-41)68(65-64-50)32-36-9-7-35(8-10-36)6-5-18-62-51(71)37-13-21-66(22-14-37)23-20-60-31-40(70)33-67-45-30-42(56)43(25-38(45)26-49(67)53(2,3)34-69)63-52(72)54(15-16-54)39-11-12-47-48(27-39)74-55(57,58)73-47/h7-12,25-30,37,40,60-61,69-70H,4,13-24,31-34,59H2,1-3H3,(H,62,71)(H,63,72)/t40-/m0/s1. The summed E-state index contributed by atoms with van der Waals surface area (Å²) in [6, 6.07) is 21.2. The van der Waals surface area contributed by atoms with Crippen molar-refractivity contribution in [1.29, 1.82) is 0 Å². The Balaban J connectivity index is 0.712. The number of thioether (sulfide) groups is 1. The van der Waals surface area contributed by atoms with Crippen molar-refractivity contribution in [3.05, 3.63) is 101 Å². The first kappa shape index (κ1) is 53.5. The summed E-state index contributed by atoms with van der Waals surface area (Å²) < 4.78 is 56.1. The molecule has 2 aliphatic heterocycles. The van der Waals surface area contributed by atoms with E-state index in [0.29, 0.717) is 61.2 Å². The first-order valence-electron chi connectivity index (χ1n) is 25.6. The third-order valence-corrected chi connectivity index (χ3v) is 15.4. The molecule has 1 saturated heterocycles. The zero-order valence-electron chi connectivity index (χ0n) is 42.5. The van der Waals surface area contributed by atoms with Crippen LogP contribution in [0.4, 0.5) is 24.5 Å². The number of nitrogens with one attached hydrogen (secondary N) is 4. The number of carbonyl (C=O) groups excluding carboxylic acids is 2. The number of nitrogens with two attached hydrogens (primary N) is 1. The monoisotopic (exact) mass is 1050 g/mol. The van der Waals surface area contributed by atoms with Gasteiger partial charge in [-0.05, 0) is 111 Å². The first-order valence-corrected chi connectivity index (χ1v) is 26.6. The van der Waals surface area contributed by atoms with Crippen molar-refractivity contribution in [2.24, 2.45) is 11.7 Å². The number of anilines is 2. The summed E-state index contributed by atoms with van der Waals surface area (Å²) in [6.45, 7) is 10.9. The van der Waals surface area contributed by atoms with E-state index in [1.165, 1.54) is 30.3 Å². The summed E-state index contributed by atoms with van der Waals surface area (Å²) in [5.74, 6) is 5.71. The topological polar surface area (TPSA) is 206 Å². The van der Waals surface area contributed by atoms with E-state index < -0.39 is 35.0 Å². The Hall–Kier alpha value is -6.34. The SMILES string of the molecule is CCCSc1cc(NCCN)c2nnn(Cc3ccc(C#CCNC(=O)C4CCN(CCNC[C@H](O)Cn5c(C(C)(C)CO)cc6cc(NC(=O)C7(c8ccc9c(c8)OC(F)(F)O9)CC7)c(F)cc65)CC4)cc3)c2c1. The summed E-state index contributed by atoms with van der Waals surface area (Å²) in [5, 5.41) is 43.6.